The highest BCUT2D eigenvalue weighted by atomic mass is 19.1. The second kappa shape index (κ2) is 8.94. The smallest absolute Gasteiger partial charge is 0.258 e. The van der Waals surface area contributed by atoms with Gasteiger partial charge in [0.15, 0.2) is 12.4 Å². The summed E-state index contributed by atoms with van der Waals surface area (Å²) in [6.45, 7) is 2.13. The summed E-state index contributed by atoms with van der Waals surface area (Å²) in [5.41, 5.74) is 0.860. The molecule has 0 unspecified atom stereocenters. The van der Waals surface area contributed by atoms with E-state index in [0.29, 0.717) is 23.5 Å². The van der Waals surface area contributed by atoms with Gasteiger partial charge in [-0.05, 0) is 55.5 Å². The van der Waals surface area contributed by atoms with E-state index in [4.69, 9.17) is 9.47 Å². The predicted molar refractivity (Wildman–Crippen MR) is 91.3 cm³/mol. The molecule has 5 nitrogen and oxygen atoms in total. The molecule has 0 bridgehead atoms. The average molecular weight is 345 g/mol. The topological polar surface area (TPSA) is 64.6 Å². The molecule has 2 aromatic carbocycles. The van der Waals surface area contributed by atoms with Crippen molar-refractivity contribution in [3.05, 3.63) is 65.5 Å². The van der Waals surface area contributed by atoms with Gasteiger partial charge in [-0.2, -0.15) is 0 Å². The molecular weight excluding hydrogens is 325 g/mol. The number of methoxy groups -OCH3 is 1. The maximum atomic E-state index is 12.9. The largest absolute Gasteiger partial charge is 0.484 e. The van der Waals surface area contributed by atoms with E-state index >= 15 is 0 Å². The van der Waals surface area contributed by atoms with Crippen molar-refractivity contribution >= 4 is 11.7 Å². The van der Waals surface area contributed by atoms with E-state index in [9.17, 15) is 14.0 Å². The molecule has 0 fully saturated rings. The maximum Gasteiger partial charge on any atom is 0.258 e. The Labute approximate surface area is 145 Å². The summed E-state index contributed by atoms with van der Waals surface area (Å²) in [7, 11) is 1.56. The first-order valence-corrected chi connectivity index (χ1v) is 7.81. The number of ether oxygens (including phenoxy) is 2. The van der Waals surface area contributed by atoms with Crippen LogP contribution < -0.4 is 10.1 Å². The van der Waals surface area contributed by atoms with Crippen molar-refractivity contribution in [2.75, 3.05) is 20.3 Å². The van der Waals surface area contributed by atoms with Gasteiger partial charge >= 0.3 is 0 Å². The number of benzene rings is 2. The van der Waals surface area contributed by atoms with Crippen LogP contribution in [0.15, 0.2) is 48.5 Å². The summed E-state index contributed by atoms with van der Waals surface area (Å²) in [6.07, 6.45) is 0. The molecule has 6 heteroatoms. The minimum atomic E-state index is -0.390. The first-order valence-electron chi connectivity index (χ1n) is 7.81. The van der Waals surface area contributed by atoms with Crippen LogP contribution in [0.5, 0.6) is 5.75 Å². The Balaban J connectivity index is 1.90. The van der Waals surface area contributed by atoms with Crippen molar-refractivity contribution in [3.63, 3.8) is 0 Å². The molecule has 0 aliphatic carbocycles. The summed E-state index contributed by atoms with van der Waals surface area (Å²) in [5.74, 6) is -0.378. The lowest BCUT2D eigenvalue weighted by Crippen LogP contribution is -2.38. The van der Waals surface area contributed by atoms with Gasteiger partial charge in [0.1, 0.15) is 11.6 Å². The highest BCUT2D eigenvalue weighted by Gasteiger charge is 2.10. The van der Waals surface area contributed by atoms with Crippen molar-refractivity contribution in [1.29, 1.82) is 0 Å². The molecule has 0 aliphatic heterocycles. The fourth-order valence-corrected chi connectivity index (χ4v) is 2.23. The highest BCUT2D eigenvalue weighted by Crippen LogP contribution is 2.16. The number of carbonyl (C=O) groups is 2. The zero-order chi connectivity index (χ0) is 18.2. The van der Waals surface area contributed by atoms with Gasteiger partial charge in [-0.1, -0.05) is 0 Å². The Hall–Kier alpha value is -2.73. The molecule has 2 rings (SSSR count). The van der Waals surface area contributed by atoms with Gasteiger partial charge < -0.3 is 14.8 Å². The summed E-state index contributed by atoms with van der Waals surface area (Å²) < 4.78 is 23.2. The van der Waals surface area contributed by atoms with Gasteiger partial charge in [0.25, 0.3) is 5.91 Å². The number of ketones is 1. The Morgan fingerprint density at radius 1 is 1.04 bits per heavy atom. The van der Waals surface area contributed by atoms with Gasteiger partial charge in [0.2, 0.25) is 0 Å². The van der Waals surface area contributed by atoms with Crippen LogP contribution in [0.1, 0.15) is 22.8 Å². The van der Waals surface area contributed by atoms with E-state index in [2.05, 4.69) is 5.32 Å². The molecule has 0 aliphatic rings. The highest BCUT2D eigenvalue weighted by molar-refractivity contribution is 6.09. The zero-order valence-electron chi connectivity index (χ0n) is 14.1. The SMILES string of the molecule is COC[C@H](C)NC(=O)COc1ccc(C(=O)c2ccc(F)cc2)cc1. The number of hydrogen-bond acceptors (Lipinski definition) is 4. The lowest BCUT2D eigenvalue weighted by atomic mass is 10.0. The molecular formula is C19H20FNO4. The second-order valence-electron chi connectivity index (χ2n) is 5.57. The van der Waals surface area contributed by atoms with Gasteiger partial charge in [0.05, 0.1) is 6.61 Å². The first kappa shape index (κ1) is 18.6. The van der Waals surface area contributed by atoms with Crippen LogP contribution in [-0.4, -0.2) is 38.1 Å². The third kappa shape index (κ3) is 5.69. The zero-order valence-corrected chi connectivity index (χ0v) is 14.1. The number of amides is 1. The molecule has 0 saturated carbocycles. The van der Waals surface area contributed by atoms with E-state index in [0.717, 1.165) is 0 Å². The molecule has 1 atom stereocenters. The van der Waals surface area contributed by atoms with Gasteiger partial charge in [-0.25, -0.2) is 4.39 Å². The van der Waals surface area contributed by atoms with Crippen molar-refractivity contribution < 1.29 is 23.5 Å². The van der Waals surface area contributed by atoms with Crippen LogP contribution in [-0.2, 0) is 9.53 Å². The number of nitrogens with one attached hydrogen (secondary N) is 1. The predicted octanol–water partition coefficient (Wildman–Crippen LogP) is 2.59. The van der Waals surface area contributed by atoms with Crippen LogP contribution in [0.4, 0.5) is 4.39 Å². The lowest BCUT2D eigenvalue weighted by molar-refractivity contribution is -0.124. The molecule has 0 saturated heterocycles. The fourth-order valence-electron chi connectivity index (χ4n) is 2.23. The summed E-state index contributed by atoms with van der Waals surface area (Å²) in [4.78, 5) is 24.0. The molecule has 132 valence electrons. The minimum absolute atomic E-state index is 0.100. The number of hydrogen-bond donors (Lipinski definition) is 1. The third-order valence-corrected chi connectivity index (χ3v) is 3.42. The Morgan fingerprint density at radius 2 is 1.60 bits per heavy atom. The molecule has 25 heavy (non-hydrogen) atoms. The van der Waals surface area contributed by atoms with Crippen LogP contribution >= 0.6 is 0 Å². The Morgan fingerprint density at radius 3 is 2.16 bits per heavy atom. The van der Waals surface area contributed by atoms with Crippen molar-refractivity contribution in [2.24, 2.45) is 0 Å². The van der Waals surface area contributed by atoms with Gasteiger partial charge in [-0.3, -0.25) is 9.59 Å². The Kier molecular flexibility index (Phi) is 6.65. The molecule has 0 spiro atoms. The molecule has 1 N–H and O–H groups in total. The van der Waals surface area contributed by atoms with E-state index in [1.54, 1.807) is 31.4 Å². The molecule has 0 radical (unpaired) electrons. The lowest BCUT2D eigenvalue weighted by Gasteiger charge is -2.13. The van der Waals surface area contributed by atoms with E-state index in [1.165, 1.54) is 24.3 Å². The minimum Gasteiger partial charge on any atom is -0.484 e. The molecule has 1 amide bonds. The van der Waals surface area contributed by atoms with Crippen LogP contribution in [0.3, 0.4) is 0 Å². The van der Waals surface area contributed by atoms with E-state index in [1.807, 2.05) is 6.92 Å². The number of rotatable bonds is 8. The van der Waals surface area contributed by atoms with Crippen LogP contribution in [0.25, 0.3) is 0 Å². The average Bonchev–Trinajstić information content (AvgIpc) is 2.60. The molecule has 0 aromatic heterocycles. The molecule has 2 aromatic rings. The first-order chi connectivity index (χ1) is 12.0. The monoisotopic (exact) mass is 345 g/mol. The second-order valence-corrected chi connectivity index (χ2v) is 5.57. The van der Waals surface area contributed by atoms with Gasteiger partial charge in [0, 0.05) is 24.3 Å². The number of carbonyl (C=O) groups excluding carboxylic acids is 2. The van der Waals surface area contributed by atoms with E-state index in [-0.39, 0.29) is 24.3 Å². The summed E-state index contributed by atoms with van der Waals surface area (Å²) in [5, 5.41) is 2.73. The normalized spacial score (nSPS) is 11.6. The summed E-state index contributed by atoms with van der Waals surface area (Å²) >= 11 is 0. The summed E-state index contributed by atoms with van der Waals surface area (Å²) in [6, 6.07) is 11.7. The quantitative estimate of drug-likeness (QED) is 0.747. The molecule has 0 heterocycles. The van der Waals surface area contributed by atoms with Crippen molar-refractivity contribution in [1.82, 2.24) is 5.32 Å². The number of halogens is 1. The van der Waals surface area contributed by atoms with Crippen molar-refractivity contribution in [3.8, 4) is 5.75 Å². The fraction of sp³-hybridized carbons (Fsp3) is 0.263. The maximum absolute atomic E-state index is 12.9. The van der Waals surface area contributed by atoms with Crippen LogP contribution in [0.2, 0.25) is 0 Å². The standard InChI is InChI=1S/C19H20FNO4/c1-13(11-24-2)21-18(22)12-25-17-9-5-15(6-10-17)19(23)14-3-7-16(20)8-4-14/h3-10,13H,11-12H2,1-2H3,(H,21,22)/t13-/m0/s1. The third-order valence-electron chi connectivity index (χ3n) is 3.42. The van der Waals surface area contributed by atoms with Crippen molar-refractivity contribution in [2.45, 2.75) is 13.0 Å². The van der Waals surface area contributed by atoms with E-state index < -0.39 is 5.82 Å². The van der Waals surface area contributed by atoms with Gasteiger partial charge in [-0.15, -0.1) is 0 Å². The van der Waals surface area contributed by atoms with Crippen LogP contribution in [0, 0.1) is 5.82 Å². The Bertz CT molecular complexity index is 713.